The van der Waals surface area contributed by atoms with Crippen LogP contribution in [0.3, 0.4) is 0 Å². The molecule has 2 aromatic rings. The van der Waals surface area contributed by atoms with Gasteiger partial charge in [-0.15, -0.1) is 0 Å². The van der Waals surface area contributed by atoms with Gasteiger partial charge in [0.25, 0.3) is 0 Å². The Hall–Kier alpha value is -1.59. The SMILES string of the molecule is CC1(C)OB(c2ccc(C34CCC(c5ccc(B6OC(C)(C)C(C)(C)O6)cc5)(CC3)CC4)cc2)OC1(C)C. The van der Waals surface area contributed by atoms with Crippen LogP contribution in [-0.4, -0.2) is 36.6 Å². The highest BCUT2D eigenvalue weighted by molar-refractivity contribution is 6.62. The van der Waals surface area contributed by atoms with E-state index < -0.39 is 0 Å². The van der Waals surface area contributed by atoms with E-state index in [1.807, 2.05) is 0 Å². The molecule has 0 unspecified atom stereocenters. The average Bonchev–Trinajstić information content (AvgIpc) is 3.25. The minimum Gasteiger partial charge on any atom is -0.399 e. The van der Waals surface area contributed by atoms with Gasteiger partial charge >= 0.3 is 14.2 Å². The Morgan fingerprint density at radius 1 is 0.421 bits per heavy atom. The molecule has 38 heavy (non-hydrogen) atoms. The molecule has 0 N–H and O–H groups in total. The van der Waals surface area contributed by atoms with Crippen molar-refractivity contribution in [3.8, 4) is 0 Å². The standard InChI is InChI=1S/C32H44B2O4/c1-27(2)28(3,4)36-33(35-27)25-13-9-23(10-14-25)31-17-20-32(21-18-31,22-19-31)24-11-15-26(16-12-24)34-37-29(5,6)30(7,8)38-34/h9-16H,17-22H2,1-8H3. The van der Waals surface area contributed by atoms with E-state index in [4.69, 9.17) is 18.6 Å². The first-order chi connectivity index (χ1) is 17.7. The molecule has 202 valence electrons. The molecule has 3 saturated carbocycles. The zero-order valence-electron chi connectivity index (χ0n) is 24.6. The van der Waals surface area contributed by atoms with Crippen molar-refractivity contribution in [2.45, 2.75) is 127 Å². The lowest BCUT2D eigenvalue weighted by Crippen LogP contribution is -2.47. The summed E-state index contributed by atoms with van der Waals surface area (Å²) in [6, 6.07) is 18.3. The van der Waals surface area contributed by atoms with Crippen molar-refractivity contribution in [3.05, 3.63) is 59.7 Å². The van der Waals surface area contributed by atoms with E-state index in [1.54, 1.807) is 0 Å². The lowest BCUT2D eigenvalue weighted by Gasteiger charge is -2.54. The third-order valence-corrected chi connectivity index (χ3v) is 11.3. The van der Waals surface area contributed by atoms with E-state index >= 15 is 0 Å². The second-order valence-corrected chi connectivity index (χ2v) is 14.5. The van der Waals surface area contributed by atoms with Crippen LogP contribution >= 0.6 is 0 Å². The maximum Gasteiger partial charge on any atom is 0.494 e. The third-order valence-electron chi connectivity index (χ3n) is 11.3. The number of hydrogen-bond donors (Lipinski definition) is 0. The van der Waals surface area contributed by atoms with Crippen LogP contribution in [0.5, 0.6) is 0 Å². The van der Waals surface area contributed by atoms with Crippen LogP contribution < -0.4 is 10.9 Å². The fourth-order valence-electron chi connectivity index (χ4n) is 7.00. The molecule has 5 fully saturated rings. The lowest BCUT2D eigenvalue weighted by atomic mass is 9.50. The van der Waals surface area contributed by atoms with Gasteiger partial charge in [-0.25, -0.2) is 0 Å². The Morgan fingerprint density at radius 3 is 0.895 bits per heavy atom. The molecule has 5 aliphatic rings. The highest BCUT2D eigenvalue weighted by Gasteiger charge is 2.54. The van der Waals surface area contributed by atoms with Crippen LogP contribution in [0.15, 0.2) is 48.5 Å². The smallest absolute Gasteiger partial charge is 0.399 e. The summed E-state index contributed by atoms with van der Waals surface area (Å²) in [5.41, 5.74) is 4.57. The summed E-state index contributed by atoms with van der Waals surface area (Å²) < 4.78 is 25.1. The van der Waals surface area contributed by atoms with Crippen molar-refractivity contribution < 1.29 is 18.6 Å². The lowest BCUT2D eigenvalue weighted by molar-refractivity contribution is 0.00578. The maximum absolute atomic E-state index is 6.28. The van der Waals surface area contributed by atoms with Crippen LogP contribution in [0.4, 0.5) is 0 Å². The van der Waals surface area contributed by atoms with Gasteiger partial charge in [-0.05, 0) is 127 Å². The molecular formula is C32H44B2O4. The molecule has 7 rings (SSSR count). The predicted molar refractivity (Wildman–Crippen MR) is 155 cm³/mol. The van der Waals surface area contributed by atoms with Crippen LogP contribution in [0.25, 0.3) is 0 Å². The molecule has 3 aliphatic carbocycles. The fraction of sp³-hybridized carbons (Fsp3) is 0.625. The zero-order valence-corrected chi connectivity index (χ0v) is 24.6. The van der Waals surface area contributed by atoms with Gasteiger partial charge in [0.15, 0.2) is 0 Å². The van der Waals surface area contributed by atoms with Crippen molar-refractivity contribution in [2.24, 2.45) is 0 Å². The normalized spacial score (nSPS) is 32.6. The second-order valence-electron chi connectivity index (χ2n) is 14.5. The number of benzene rings is 2. The summed E-state index contributed by atoms with van der Waals surface area (Å²) in [5.74, 6) is 0. The maximum atomic E-state index is 6.28. The van der Waals surface area contributed by atoms with Gasteiger partial charge in [0.05, 0.1) is 22.4 Å². The Bertz CT molecular complexity index is 1050. The number of rotatable bonds is 4. The van der Waals surface area contributed by atoms with E-state index in [9.17, 15) is 0 Å². The van der Waals surface area contributed by atoms with Crippen molar-refractivity contribution in [2.75, 3.05) is 0 Å². The van der Waals surface area contributed by atoms with Crippen molar-refractivity contribution in [1.82, 2.24) is 0 Å². The van der Waals surface area contributed by atoms with Crippen molar-refractivity contribution in [1.29, 1.82) is 0 Å². The van der Waals surface area contributed by atoms with Crippen LogP contribution in [-0.2, 0) is 29.4 Å². The van der Waals surface area contributed by atoms with Crippen LogP contribution in [0, 0.1) is 0 Å². The predicted octanol–water partition coefficient (Wildman–Crippen LogP) is 5.83. The Labute approximate surface area is 230 Å². The largest absolute Gasteiger partial charge is 0.494 e. The molecule has 2 aliphatic heterocycles. The molecule has 0 spiro atoms. The molecule has 2 aromatic carbocycles. The topological polar surface area (TPSA) is 36.9 Å². The summed E-state index contributed by atoms with van der Waals surface area (Å²) in [5, 5.41) is 0. The summed E-state index contributed by atoms with van der Waals surface area (Å²) in [4.78, 5) is 0. The summed E-state index contributed by atoms with van der Waals surface area (Å²) in [7, 11) is -0.589. The number of fused-ring (bicyclic) bond motifs is 3. The van der Waals surface area contributed by atoms with Crippen molar-refractivity contribution >= 4 is 25.2 Å². The molecular weight excluding hydrogens is 470 g/mol. The highest BCUT2D eigenvalue weighted by Crippen LogP contribution is 2.58. The summed E-state index contributed by atoms with van der Waals surface area (Å²) in [6.45, 7) is 16.9. The summed E-state index contributed by atoms with van der Waals surface area (Å²) in [6.07, 6.45) is 7.51. The molecule has 2 saturated heterocycles. The van der Waals surface area contributed by atoms with Crippen LogP contribution in [0.2, 0.25) is 0 Å². The van der Waals surface area contributed by atoms with E-state index in [0.717, 1.165) is 10.9 Å². The minimum atomic E-state index is -0.312. The zero-order chi connectivity index (χ0) is 27.2. The molecule has 2 bridgehead atoms. The van der Waals surface area contributed by atoms with Gasteiger partial charge in [-0.3, -0.25) is 0 Å². The summed E-state index contributed by atoms with van der Waals surface area (Å²) >= 11 is 0. The van der Waals surface area contributed by atoms with E-state index in [1.165, 1.54) is 49.7 Å². The average molecular weight is 514 g/mol. The van der Waals surface area contributed by atoms with E-state index in [-0.39, 0.29) is 36.6 Å². The molecule has 0 radical (unpaired) electrons. The van der Waals surface area contributed by atoms with E-state index in [2.05, 4.69) is 104 Å². The molecule has 0 aromatic heterocycles. The van der Waals surface area contributed by atoms with Crippen LogP contribution in [0.1, 0.15) is 105 Å². The first kappa shape index (κ1) is 26.6. The Balaban J connectivity index is 1.14. The molecule has 0 amide bonds. The van der Waals surface area contributed by atoms with Gasteiger partial charge in [0, 0.05) is 0 Å². The minimum absolute atomic E-state index is 0.294. The van der Waals surface area contributed by atoms with Crippen molar-refractivity contribution in [3.63, 3.8) is 0 Å². The second kappa shape index (κ2) is 8.46. The van der Waals surface area contributed by atoms with E-state index in [0.29, 0.717) is 10.8 Å². The number of hydrogen-bond acceptors (Lipinski definition) is 4. The van der Waals surface area contributed by atoms with Gasteiger partial charge in [0.1, 0.15) is 0 Å². The van der Waals surface area contributed by atoms with Gasteiger partial charge in [-0.1, -0.05) is 48.5 Å². The molecule has 4 nitrogen and oxygen atoms in total. The quantitative estimate of drug-likeness (QED) is 0.482. The van der Waals surface area contributed by atoms with Gasteiger partial charge in [0.2, 0.25) is 0 Å². The first-order valence-corrected chi connectivity index (χ1v) is 14.6. The molecule has 6 heteroatoms. The molecule has 0 atom stereocenters. The third kappa shape index (κ3) is 4.05. The monoisotopic (exact) mass is 514 g/mol. The molecule has 2 heterocycles. The Morgan fingerprint density at radius 2 is 0.658 bits per heavy atom. The Kier molecular flexibility index (Phi) is 5.93. The van der Waals surface area contributed by atoms with Gasteiger partial charge in [-0.2, -0.15) is 0 Å². The first-order valence-electron chi connectivity index (χ1n) is 14.6. The fourth-order valence-corrected chi connectivity index (χ4v) is 7.00. The highest BCUT2D eigenvalue weighted by atomic mass is 16.7. The van der Waals surface area contributed by atoms with Gasteiger partial charge < -0.3 is 18.6 Å².